The molecule has 0 saturated heterocycles. The van der Waals surface area contributed by atoms with Crippen LogP contribution in [0.5, 0.6) is 5.75 Å². The van der Waals surface area contributed by atoms with Gasteiger partial charge in [0, 0.05) is 12.8 Å². The number of aliphatic imine (C=N–C) groups is 1. The smallest absolute Gasteiger partial charge is 0.262 e. The number of carbonyl (C=O) groups excluding carboxylic acids is 2. The zero-order chi connectivity index (χ0) is 25.1. The van der Waals surface area contributed by atoms with Gasteiger partial charge in [0.2, 0.25) is 5.91 Å². The molecule has 0 fully saturated rings. The molecule has 3 aromatic rings. The predicted octanol–water partition coefficient (Wildman–Crippen LogP) is 5.53. The minimum Gasteiger partial charge on any atom is -0.497 e. The van der Waals surface area contributed by atoms with Crippen LogP contribution in [0, 0.1) is 0 Å². The minimum absolute atomic E-state index is 0.0159. The molecule has 0 aromatic heterocycles. The standard InChI is InChI=1S/C27H23ClN4O3S/c1-35-19-13-11-18(12-14-19)23-15-22(17-7-3-2-4-8-17)31-32(23)27-30-26(34)24(36-27)16-25(33)29-21-10-6-5-9-20(21)28/h2-14,23-24H,15-16H2,1H3,(H,29,33)/t23-,24-/m0/s1. The van der Waals surface area contributed by atoms with E-state index in [1.54, 1.807) is 36.4 Å². The van der Waals surface area contributed by atoms with Crippen LogP contribution >= 0.6 is 23.4 Å². The Labute approximate surface area is 218 Å². The van der Waals surface area contributed by atoms with Gasteiger partial charge in [0.05, 0.1) is 29.6 Å². The number of thioether (sulfide) groups is 1. The quantitative estimate of drug-likeness (QED) is 0.464. The average molecular weight is 519 g/mol. The fraction of sp³-hybridized carbons (Fsp3) is 0.185. The highest BCUT2D eigenvalue weighted by atomic mass is 35.5. The summed E-state index contributed by atoms with van der Waals surface area (Å²) in [4.78, 5) is 29.7. The highest BCUT2D eigenvalue weighted by molar-refractivity contribution is 8.15. The molecule has 0 aliphatic carbocycles. The lowest BCUT2D eigenvalue weighted by Gasteiger charge is -2.23. The number of carbonyl (C=O) groups is 2. The SMILES string of the molecule is COc1ccc([C@@H]2CC(c3ccccc3)=NN2C2=NC(=O)[C@H](CC(=O)Nc3ccccc3Cl)S2)cc1. The number of nitrogens with one attached hydrogen (secondary N) is 1. The summed E-state index contributed by atoms with van der Waals surface area (Å²) in [5.41, 5.74) is 3.47. The summed E-state index contributed by atoms with van der Waals surface area (Å²) >= 11 is 7.40. The number of rotatable bonds is 6. The Bertz CT molecular complexity index is 1340. The molecule has 2 amide bonds. The largest absolute Gasteiger partial charge is 0.497 e. The molecule has 7 nitrogen and oxygen atoms in total. The van der Waals surface area contributed by atoms with E-state index >= 15 is 0 Å². The second kappa shape index (κ2) is 10.6. The molecule has 1 N–H and O–H groups in total. The number of anilines is 1. The molecule has 0 bridgehead atoms. The van der Waals surface area contributed by atoms with E-state index in [1.807, 2.05) is 54.6 Å². The van der Waals surface area contributed by atoms with Gasteiger partial charge in [-0.25, -0.2) is 5.01 Å². The molecule has 3 aromatic carbocycles. The van der Waals surface area contributed by atoms with E-state index in [-0.39, 0.29) is 24.3 Å². The van der Waals surface area contributed by atoms with Gasteiger partial charge in [0.15, 0.2) is 5.17 Å². The number of ether oxygens (including phenoxy) is 1. The molecule has 36 heavy (non-hydrogen) atoms. The number of hydrogen-bond donors (Lipinski definition) is 1. The van der Waals surface area contributed by atoms with Crippen molar-refractivity contribution >= 4 is 51.7 Å². The first-order chi connectivity index (χ1) is 17.5. The van der Waals surface area contributed by atoms with E-state index < -0.39 is 5.25 Å². The topological polar surface area (TPSA) is 83.4 Å². The highest BCUT2D eigenvalue weighted by Gasteiger charge is 2.39. The van der Waals surface area contributed by atoms with Crippen LogP contribution < -0.4 is 10.1 Å². The van der Waals surface area contributed by atoms with Crippen LogP contribution in [0.15, 0.2) is 89.0 Å². The van der Waals surface area contributed by atoms with Gasteiger partial charge in [-0.3, -0.25) is 9.59 Å². The molecule has 9 heteroatoms. The van der Waals surface area contributed by atoms with Gasteiger partial charge in [-0.15, -0.1) is 0 Å². The molecule has 5 rings (SSSR count). The van der Waals surface area contributed by atoms with Crippen molar-refractivity contribution in [3.63, 3.8) is 0 Å². The van der Waals surface area contributed by atoms with E-state index in [0.717, 1.165) is 22.6 Å². The maximum absolute atomic E-state index is 12.8. The number of nitrogens with zero attached hydrogens (tertiary/aromatic N) is 3. The molecule has 0 unspecified atom stereocenters. The van der Waals surface area contributed by atoms with Crippen molar-refractivity contribution in [3.05, 3.63) is 95.0 Å². The van der Waals surface area contributed by atoms with Crippen molar-refractivity contribution in [2.75, 3.05) is 12.4 Å². The van der Waals surface area contributed by atoms with Gasteiger partial charge < -0.3 is 10.1 Å². The second-order valence-corrected chi connectivity index (χ2v) is 9.90. The van der Waals surface area contributed by atoms with Crippen molar-refractivity contribution in [2.24, 2.45) is 10.1 Å². The van der Waals surface area contributed by atoms with Gasteiger partial charge >= 0.3 is 0 Å². The Balaban J connectivity index is 1.35. The van der Waals surface area contributed by atoms with Crippen molar-refractivity contribution in [1.29, 1.82) is 0 Å². The monoisotopic (exact) mass is 518 g/mol. The fourth-order valence-corrected chi connectivity index (χ4v) is 5.36. The molecule has 0 radical (unpaired) electrons. The maximum Gasteiger partial charge on any atom is 0.262 e. The number of para-hydroxylation sites is 1. The lowest BCUT2D eigenvalue weighted by molar-refractivity contribution is -0.121. The van der Waals surface area contributed by atoms with Crippen molar-refractivity contribution in [1.82, 2.24) is 5.01 Å². The molecule has 2 aliphatic heterocycles. The van der Waals surface area contributed by atoms with Crippen LogP contribution in [0.3, 0.4) is 0 Å². The summed E-state index contributed by atoms with van der Waals surface area (Å²) < 4.78 is 5.30. The van der Waals surface area contributed by atoms with E-state index in [1.165, 1.54) is 11.8 Å². The van der Waals surface area contributed by atoms with Crippen molar-refractivity contribution in [2.45, 2.75) is 24.1 Å². The molecule has 0 spiro atoms. The predicted molar refractivity (Wildman–Crippen MR) is 144 cm³/mol. The Kier molecular flexibility index (Phi) is 7.06. The van der Waals surface area contributed by atoms with E-state index in [4.69, 9.17) is 21.4 Å². The minimum atomic E-state index is -0.630. The Morgan fingerprint density at radius 2 is 1.81 bits per heavy atom. The summed E-state index contributed by atoms with van der Waals surface area (Å²) in [6.07, 6.45) is 0.639. The van der Waals surface area contributed by atoms with Gasteiger partial charge in [0.1, 0.15) is 11.0 Å². The van der Waals surface area contributed by atoms with E-state index in [9.17, 15) is 9.59 Å². The van der Waals surface area contributed by atoms with Crippen LogP contribution in [0.4, 0.5) is 5.69 Å². The third-order valence-corrected chi connectivity index (χ3v) is 7.43. The summed E-state index contributed by atoms with van der Waals surface area (Å²) in [6.45, 7) is 0. The zero-order valence-corrected chi connectivity index (χ0v) is 21.0. The number of halogens is 1. The fourth-order valence-electron chi connectivity index (χ4n) is 4.11. The molecular formula is C27H23ClN4O3S. The van der Waals surface area contributed by atoms with Crippen molar-refractivity contribution in [3.8, 4) is 5.75 Å². The van der Waals surface area contributed by atoms with Crippen molar-refractivity contribution < 1.29 is 14.3 Å². The summed E-state index contributed by atoms with van der Waals surface area (Å²) in [5, 5.41) is 9.74. The number of amides is 2. The second-order valence-electron chi connectivity index (χ2n) is 8.32. The Morgan fingerprint density at radius 3 is 2.53 bits per heavy atom. The molecule has 2 heterocycles. The molecule has 2 atom stereocenters. The average Bonchev–Trinajstić information content (AvgIpc) is 3.50. The summed E-state index contributed by atoms with van der Waals surface area (Å²) in [7, 11) is 1.63. The van der Waals surface area contributed by atoms with Crippen LogP contribution in [0.25, 0.3) is 0 Å². The molecule has 2 aliphatic rings. The molecule has 0 saturated carbocycles. The third kappa shape index (κ3) is 5.15. The lowest BCUT2D eigenvalue weighted by Crippen LogP contribution is -2.25. The van der Waals surface area contributed by atoms with Crippen LogP contribution in [-0.2, 0) is 9.59 Å². The first-order valence-corrected chi connectivity index (χ1v) is 12.7. The Hall–Kier alpha value is -3.62. The Morgan fingerprint density at radius 1 is 1.08 bits per heavy atom. The molecular weight excluding hydrogens is 496 g/mol. The number of hydrazone groups is 1. The third-order valence-electron chi connectivity index (χ3n) is 5.96. The van der Waals surface area contributed by atoms with Gasteiger partial charge in [-0.05, 0) is 35.4 Å². The van der Waals surface area contributed by atoms with Crippen LogP contribution in [0.2, 0.25) is 5.02 Å². The number of benzene rings is 3. The van der Waals surface area contributed by atoms with Crippen LogP contribution in [0.1, 0.15) is 30.0 Å². The first kappa shape index (κ1) is 24.1. The zero-order valence-electron chi connectivity index (χ0n) is 19.4. The van der Waals surface area contributed by atoms with Gasteiger partial charge in [-0.1, -0.05) is 78.0 Å². The number of amidine groups is 1. The number of hydrogen-bond acceptors (Lipinski definition) is 6. The summed E-state index contributed by atoms with van der Waals surface area (Å²) in [6, 6.07) is 24.6. The van der Waals surface area contributed by atoms with Crippen LogP contribution in [-0.4, -0.2) is 40.1 Å². The first-order valence-electron chi connectivity index (χ1n) is 11.4. The number of methoxy groups -OCH3 is 1. The van der Waals surface area contributed by atoms with Gasteiger partial charge in [0.25, 0.3) is 5.91 Å². The highest BCUT2D eigenvalue weighted by Crippen LogP contribution is 2.39. The molecule has 182 valence electrons. The maximum atomic E-state index is 12.8. The summed E-state index contributed by atoms with van der Waals surface area (Å²) in [5.74, 6) is 0.119. The van der Waals surface area contributed by atoms with E-state index in [0.29, 0.717) is 22.3 Å². The normalized spacial score (nSPS) is 19.2. The van der Waals surface area contributed by atoms with Gasteiger partial charge in [-0.2, -0.15) is 10.1 Å². The van der Waals surface area contributed by atoms with E-state index in [2.05, 4.69) is 10.3 Å². The lowest BCUT2D eigenvalue weighted by atomic mass is 9.98.